The third kappa shape index (κ3) is 3.62. The highest BCUT2D eigenvalue weighted by Gasteiger charge is 2.46. The quantitative estimate of drug-likeness (QED) is 0.777. The Morgan fingerprint density at radius 2 is 1.61 bits per heavy atom. The van der Waals surface area contributed by atoms with Crippen LogP contribution in [0.1, 0.15) is 12.0 Å². The summed E-state index contributed by atoms with van der Waals surface area (Å²) in [6.45, 7) is 5.20. The molecule has 2 aromatic rings. The SMILES string of the molecule is Cc1ccc(N2C(=O)CC([NH+]3CCN(c4ccc(Cl)cc4)CC3)C2=O)cc1Cl. The van der Waals surface area contributed by atoms with Gasteiger partial charge in [-0.2, -0.15) is 0 Å². The molecule has 0 aliphatic carbocycles. The van der Waals surface area contributed by atoms with Crippen molar-refractivity contribution >= 4 is 46.4 Å². The molecule has 0 saturated carbocycles. The first-order valence-corrected chi connectivity index (χ1v) is 10.2. The van der Waals surface area contributed by atoms with Gasteiger partial charge in [0.1, 0.15) is 0 Å². The molecule has 1 atom stereocenters. The Labute approximate surface area is 174 Å². The molecule has 0 bridgehead atoms. The highest BCUT2D eigenvalue weighted by atomic mass is 35.5. The summed E-state index contributed by atoms with van der Waals surface area (Å²) in [6.07, 6.45) is 0.251. The third-order valence-electron chi connectivity index (χ3n) is 5.65. The van der Waals surface area contributed by atoms with Crippen LogP contribution >= 0.6 is 23.2 Å². The van der Waals surface area contributed by atoms with Crippen LogP contribution in [-0.2, 0) is 9.59 Å². The molecule has 2 saturated heterocycles. The largest absolute Gasteiger partial charge is 0.360 e. The standard InChI is InChI=1S/C21H21Cl2N3O2/c1-14-2-5-17(12-18(14)23)26-20(27)13-19(21(26)28)25-10-8-24(9-11-25)16-6-3-15(22)4-7-16/h2-7,12,19H,8-11,13H2,1H3/p+1. The summed E-state index contributed by atoms with van der Waals surface area (Å²) in [5.41, 5.74) is 2.62. The summed E-state index contributed by atoms with van der Waals surface area (Å²) in [7, 11) is 0. The number of carbonyl (C=O) groups is 2. The molecule has 28 heavy (non-hydrogen) atoms. The lowest BCUT2D eigenvalue weighted by molar-refractivity contribution is -0.915. The molecular weight excluding hydrogens is 397 g/mol. The number of nitrogens with one attached hydrogen (secondary N) is 1. The lowest BCUT2D eigenvalue weighted by Crippen LogP contribution is -3.19. The molecule has 7 heteroatoms. The maximum atomic E-state index is 13.0. The Hall–Kier alpha value is -2.08. The zero-order chi connectivity index (χ0) is 19.8. The number of hydrogen-bond donors (Lipinski definition) is 1. The summed E-state index contributed by atoms with van der Waals surface area (Å²) in [5.74, 6) is -0.276. The second-order valence-electron chi connectivity index (χ2n) is 7.38. The highest BCUT2D eigenvalue weighted by Crippen LogP contribution is 2.27. The average Bonchev–Trinajstić information content (AvgIpc) is 2.99. The molecule has 2 fully saturated rings. The maximum Gasteiger partial charge on any atom is 0.292 e. The summed E-state index contributed by atoms with van der Waals surface area (Å²) >= 11 is 12.2. The van der Waals surface area contributed by atoms with Gasteiger partial charge in [0, 0.05) is 15.7 Å². The summed E-state index contributed by atoms with van der Waals surface area (Å²) in [6, 6.07) is 12.8. The van der Waals surface area contributed by atoms with Crippen molar-refractivity contribution in [3.63, 3.8) is 0 Å². The molecule has 2 aromatic carbocycles. The van der Waals surface area contributed by atoms with Gasteiger partial charge in [0.25, 0.3) is 5.91 Å². The predicted octanol–water partition coefficient (Wildman–Crippen LogP) is 2.34. The zero-order valence-corrected chi connectivity index (χ0v) is 17.1. The van der Waals surface area contributed by atoms with Crippen LogP contribution in [0.15, 0.2) is 42.5 Å². The lowest BCUT2D eigenvalue weighted by atomic mass is 10.1. The number of nitrogens with zero attached hydrogens (tertiary/aromatic N) is 2. The number of aryl methyl sites for hydroxylation is 1. The number of benzene rings is 2. The highest BCUT2D eigenvalue weighted by molar-refractivity contribution is 6.32. The monoisotopic (exact) mass is 418 g/mol. The molecule has 146 valence electrons. The van der Waals surface area contributed by atoms with E-state index in [9.17, 15) is 9.59 Å². The van der Waals surface area contributed by atoms with Crippen LogP contribution in [-0.4, -0.2) is 44.0 Å². The molecule has 0 radical (unpaired) electrons. The van der Waals surface area contributed by atoms with E-state index in [2.05, 4.69) is 4.90 Å². The van der Waals surface area contributed by atoms with Gasteiger partial charge in [-0.25, -0.2) is 4.90 Å². The topological polar surface area (TPSA) is 45.1 Å². The minimum Gasteiger partial charge on any atom is -0.360 e. The van der Waals surface area contributed by atoms with Crippen molar-refractivity contribution in [1.29, 1.82) is 0 Å². The Kier molecular flexibility index (Phi) is 5.32. The normalized spacial score (nSPS) is 20.9. The number of imide groups is 1. The van der Waals surface area contributed by atoms with E-state index in [0.717, 1.165) is 42.5 Å². The van der Waals surface area contributed by atoms with E-state index in [1.165, 1.54) is 9.80 Å². The number of quaternary nitrogens is 1. The van der Waals surface area contributed by atoms with E-state index < -0.39 is 0 Å². The van der Waals surface area contributed by atoms with E-state index in [0.29, 0.717) is 10.7 Å². The van der Waals surface area contributed by atoms with Gasteiger partial charge >= 0.3 is 0 Å². The van der Waals surface area contributed by atoms with Crippen molar-refractivity contribution in [2.24, 2.45) is 0 Å². The molecule has 2 heterocycles. The van der Waals surface area contributed by atoms with Gasteiger partial charge in [-0.15, -0.1) is 0 Å². The minimum atomic E-state index is -0.319. The van der Waals surface area contributed by atoms with Crippen LogP contribution in [0, 0.1) is 6.92 Å². The molecule has 2 aliphatic rings. The number of rotatable bonds is 3. The van der Waals surface area contributed by atoms with Crippen LogP contribution in [0.3, 0.4) is 0 Å². The van der Waals surface area contributed by atoms with Gasteiger partial charge in [0.2, 0.25) is 5.91 Å². The van der Waals surface area contributed by atoms with E-state index >= 15 is 0 Å². The molecular formula is C21H22Cl2N3O2+. The minimum absolute atomic E-state index is 0.125. The van der Waals surface area contributed by atoms with E-state index in [-0.39, 0.29) is 24.3 Å². The molecule has 5 nitrogen and oxygen atoms in total. The van der Waals surface area contributed by atoms with Crippen LogP contribution in [0.2, 0.25) is 10.0 Å². The fraction of sp³-hybridized carbons (Fsp3) is 0.333. The lowest BCUT2D eigenvalue weighted by Gasteiger charge is -2.35. The number of carbonyl (C=O) groups excluding carboxylic acids is 2. The molecule has 0 aromatic heterocycles. The molecule has 2 aliphatic heterocycles. The number of anilines is 2. The Morgan fingerprint density at radius 1 is 0.964 bits per heavy atom. The maximum absolute atomic E-state index is 13.0. The van der Waals surface area contributed by atoms with Crippen molar-refractivity contribution in [1.82, 2.24) is 0 Å². The van der Waals surface area contributed by atoms with Crippen molar-refractivity contribution in [3.05, 3.63) is 58.1 Å². The first-order chi connectivity index (χ1) is 13.4. The third-order valence-corrected chi connectivity index (χ3v) is 6.31. The fourth-order valence-corrected chi connectivity index (χ4v) is 4.30. The number of hydrogen-bond acceptors (Lipinski definition) is 3. The predicted molar refractivity (Wildman–Crippen MR) is 111 cm³/mol. The van der Waals surface area contributed by atoms with E-state index in [4.69, 9.17) is 23.2 Å². The first-order valence-electron chi connectivity index (χ1n) is 9.42. The summed E-state index contributed by atoms with van der Waals surface area (Å²) in [5, 5.41) is 1.28. The number of amides is 2. The first kappa shape index (κ1) is 19.2. The molecule has 0 spiro atoms. The van der Waals surface area contributed by atoms with Crippen LogP contribution in [0.4, 0.5) is 11.4 Å². The van der Waals surface area contributed by atoms with Gasteiger partial charge in [0.05, 0.1) is 38.3 Å². The Bertz CT molecular complexity index is 908. The summed E-state index contributed by atoms with van der Waals surface area (Å²) in [4.78, 5) is 30.4. The fourth-order valence-electron chi connectivity index (χ4n) is 4.00. The van der Waals surface area contributed by atoms with E-state index in [1.54, 1.807) is 12.1 Å². The Morgan fingerprint density at radius 3 is 2.25 bits per heavy atom. The van der Waals surface area contributed by atoms with Crippen molar-refractivity contribution < 1.29 is 14.5 Å². The molecule has 2 amide bonds. The van der Waals surface area contributed by atoms with Gasteiger partial charge in [-0.3, -0.25) is 9.59 Å². The van der Waals surface area contributed by atoms with Crippen LogP contribution in [0.25, 0.3) is 0 Å². The number of piperazine rings is 1. The smallest absolute Gasteiger partial charge is 0.292 e. The molecule has 4 rings (SSSR count). The molecule has 1 unspecified atom stereocenters. The van der Waals surface area contributed by atoms with Crippen molar-refractivity contribution in [2.75, 3.05) is 36.0 Å². The van der Waals surface area contributed by atoms with Gasteiger partial charge in [-0.05, 0) is 48.9 Å². The second-order valence-corrected chi connectivity index (χ2v) is 8.22. The van der Waals surface area contributed by atoms with Gasteiger partial charge < -0.3 is 9.80 Å². The number of halogens is 2. The van der Waals surface area contributed by atoms with Crippen molar-refractivity contribution in [3.8, 4) is 0 Å². The zero-order valence-electron chi connectivity index (χ0n) is 15.6. The average molecular weight is 419 g/mol. The molecule has 1 N–H and O–H groups in total. The van der Waals surface area contributed by atoms with Gasteiger partial charge in [-0.1, -0.05) is 29.3 Å². The van der Waals surface area contributed by atoms with Crippen molar-refractivity contribution in [2.45, 2.75) is 19.4 Å². The van der Waals surface area contributed by atoms with Gasteiger partial charge in [0.15, 0.2) is 6.04 Å². The van der Waals surface area contributed by atoms with Crippen LogP contribution < -0.4 is 14.7 Å². The van der Waals surface area contributed by atoms with Crippen LogP contribution in [0.5, 0.6) is 0 Å². The summed E-state index contributed by atoms with van der Waals surface area (Å²) < 4.78 is 0. The Balaban J connectivity index is 1.44. The second kappa shape index (κ2) is 7.74. The van der Waals surface area contributed by atoms with E-state index in [1.807, 2.05) is 37.3 Å².